The Labute approximate surface area is 192 Å². The van der Waals surface area contributed by atoms with Gasteiger partial charge in [0.1, 0.15) is 11.4 Å². The van der Waals surface area contributed by atoms with Gasteiger partial charge in [0.2, 0.25) is 5.95 Å². The quantitative estimate of drug-likeness (QED) is 0.450. The molecular formula is C24H26N8O. The number of phenols is 1. The van der Waals surface area contributed by atoms with E-state index in [1.165, 1.54) is 0 Å². The number of likely N-dealkylation sites (tertiary alicyclic amines) is 1. The summed E-state index contributed by atoms with van der Waals surface area (Å²) in [7, 11) is 2.10. The molecular weight excluding hydrogens is 416 g/mol. The molecule has 5 rings (SSSR count). The molecule has 0 amide bonds. The highest BCUT2D eigenvalue weighted by Gasteiger charge is 2.27. The number of hydrogen-bond acceptors (Lipinski definition) is 8. The fourth-order valence-electron chi connectivity index (χ4n) is 4.07. The summed E-state index contributed by atoms with van der Waals surface area (Å²) in [6.07, 6.45) is 9.64. The van der Waals surface area contributed by atoms with E-state index in [4.69, 9.17) is 10.1 Å². The van der Waals surface area contributed by atoms with Crippen molar-refractivity contribution in [1.82, 2.24) is 34.6 Å². The van der Waals surface area contributed by atoms with Gasteiger partial charge >= 0.3 is 0 Å². The summed E-state index contributed by atoms with van der Waals surface area (Å²) in [5.74, 6) is 0.772. The molecule has 4 aromatic rings. The first-order valence-corrected chi connectivity index (χ1v) is 11.0. The Morgan fingerprint density at radius 2 is 2.00 bits per heavy atom. The Hall–Kier alpha value is -3.85. The van der Waals surface area contributed by atoms with E-state index in [0.29, 0.717) is 18.5 Å². The van der Waals surface area contributed by atoms with Crippen LogP contribution in [0.5, 0.6) is 5.75 Å². The van der Waals surface area contributed by atoms with Crippen LogP contribution in [0, 0.1) is 6.92 Å². The van der Waals surface area contributed by atoms with Gasteiger partial charge in [-0.05, 0) is 43.8 Å². The second-order valence-corrected chi connectivity index (χ2v) is 8.44. The summed E-state index contributed by atoms with van der Waals surface area (Å²) in [6.45, 7) is 4.52. The van der Waals surface area contributed by atoms with Crippen molar-refractivity contribution in [2.75, 3.05) is 32.0 Å². The minimum Gasteiger partial charge on any atom is -0.508 e. The molecule has 0 unspecified atom stereocenters. The monoisotopic (exact) mass is 442 g/mol. The summed E-state index contributed by atoms with van der Waals surface area (Å²) in [5.41, 5.74) is 5.24. The minimum atomic E-state index is 0.225. The molecule has 33 heavy (non-hydrogen) atoms. The van der Waals surface area contributed by atoms with Crippen LogP contribution < -0.4 is 5.32 Å². The largest absolute Gasteiger partial charge is 0.508 e. The van der Waals surface area contributed by atoms with Crippen LogP contribution in [-0.2, 0) is 6.42 Å². The van der Waals surface area contributed by atoms with Gasteiger partial charge in [0.25, 0.3) is 0 Å². The lowest BCUT2D eigenvalue weighted by molar-refractivity contribution is 0.131. The van der Waals surface area contributed by atoms with Crippen LogP contribution in [0.2, 0.25) is 0 Å². The Kier molecular flexibility index (Phi) is 5.70. The molecule has 0 aliphatic carbocycles. The van der Waals surface area contributed by atoms with Crippen molar-refractivity contribution in [1.29, 1.82) is 0 Å². The van der Waals surface area contributed by atoms with E-state index in [1.54, 1.807) is 36.9 Å². The van der Waals surface area contributed by atoms with Crippen LogP contribution in [0.15, 0.2) is 55.2 Å². The number of hydrogen-bond donors (Lipinski definition) is 2. The van der Waals surface area contributed by atoms with Crippen LogP contribution in [-0.4, -0.2) is 66.4 Å². The smallest absolute Gasteiger partial charge is 0.223 e. The first-order chi connectivity index (χ1) is 16.0. The lowest BCUT2D eigenvalue weighted by atomic mass is 10.0. The number of aromatic nitrogens is 6. The molecule has 1 aliphatic heterocycles. The van der Waals surface area contributed by atoms with E-state index >= 15 is 0 Å². The lowest BCUT2D eigenvalue weighted by Crippen LogP contribution is -2.45. The molecule has 1 fully saturated rings. The van der Waals surface area contributed by atoms with Gasteiger partial charge in [-0.1, -0.05) is 0 Å². The summed E-state index contributed by atoms with van der Waals surface area (Å²) >= 11 is 0. The number of benzene rings is 1. The maximum Gasteiger partial charge on any atom is 0.223 e. The van der Waals surface area contributed by atoms with Crippen molar-refractivity contribution in [3.63, 3.8) is 0 Å². The molecule has 1 aromatic carbocycles. The second-order valence-electron chi connectivity index (χ2n) is 8.44. The van der Waals surface area contributed by atoms with Crippen LogP contribution in [0.1, 0.15) is 17.3 Å². The number of aryl methyl sites for hydroxylation is 1. The zero-order valence-corrected chi connectivity index (χ0v) is 18.7. The zero-order chi connectivity index (χ0) is 22.8. The topological polar surface area (TPSA) is 105 Å². The highest BCUT2D eigenvalue weighted by Crippen LogP contribution is 2.34. The number of rotatable bonds is 7. The SMILES string of the molecule is Cc1cc(O)cc(-c2nn(C3CN(C)C3)cc2-c2ccnc(NCCc3cnccn3)n2)c1. The number of likely N-dealkylation sites (N-methyl/N-ethyl adjacent to an activating group) is 1. The average Bonchev–Trinajstić information content (AvgIpc) is 3.22. The van der Waals surface area contributed by atoms with Crippen molar-refractivity contribution >= 4 is 5.95 Å². The van der Waals surface area contributed by atoms with Crippen LogP contribution >= 0.6 is 0 Å². The van der Waals surface area contributed by atoms with Crippen molar-refractivity contribution in [2.24, 2.45) is 0 Å². The van der Waals surface area contributed by atoms with Crippen LogP contribution in [0.4, 0.5) is 5.95 Å². The van der Waals surface area contributed by atoms with E-state index in [2.05, 4.69) is 38.4 Å². The lowest BCUT2D eigenvalue weighted by Gasteiger charge is -2.36. The minimum absolute atomic E-state index is 0.225. The highest BCUT2D eigenvalue weighted by molar-refractivity contribution is 5.79. The van der Waals surface area contributed by atoms with Crippen LogP contribution in [0.25, 0.3) is 22.5 Å². The third-order valence-electron chi connectivity index (χ3n) is 5.70. The summed E-state index contributed by atoms with van der Waals surface area (Å²) < 4.78 is 2.02. The zero-order valence-electron chi connectivity index (χ0n) is 18.7. The van der Waals surface area contributed by atoms with Crippen molar-refractivity contribution in [3.05, 3.63) is 66.5 Å². The Morgan fingerprint density at radius 1 is 1.12 bits per heavy atom. The second kappa shape index (κ2) is 8.95. The maximum atomic E-state index is 10.2. The molecule has 0 radical (unpaired) electrons. The van der Waals surface area contributed by atoms with Crippen molar-refractivity contribution in [2.45, 2.75) is 19.4 Å². The first kappa shape index (κ1) is 21.0. The number of nitrogens with zero attached hydrogens (tertiary/aromatic N) is 7. The molecule has 0 atom stereocenters. The molecule has 3 aromatic heterocycles. The predicted octanol–water partition coefficient (Wildman–Crippen LogP) is 2.95. The third kappa shape index (κ3) is 4.68. The molecule has 9 heteroatoms. The van der Waals surface area contributed by atoms with E-state index in [1.807, 2.05) is 23.7 Å². The molecule has 1 saturated heterocycles. The number of aromatic hydroxyl groups is 1. The maximum absolute atomic E-state index is 10.2. The van der Waals surface area contributed by atoms with E-state index < -0.39 is 0 Å². The Balaban J connectivity index is 1.44. The highest BCUT2D eigenvalue weighted by atomic mass is 16.3. The molecule has 0 spiro atoms. The number of nitrogens with one attached hydrogen (secondary N) is 1. The average molecular weight is 443 g/mol. The van der Waals surface area contributed by atoms with Gasteiger partial charge in [-0.15, -0.1) is 0 Å². The number of phenolic OH excluding ortho intramolecular Hbond substituents is 1. The van der Waals surface area contributed by atoms with Gasteiger partial charge in [-0.2, -0.15) is 5.10 Å². The van der Waals surface area contributed by atoms with Crippen LogP contribution in [0.3, 0.4) is 0 Å². The van der Waals surface area contributed by atoms with E-state index in [9.17, 15) is 5.11 Å². The molecule has 4 heterocycles. The first-order valence-electron chi connectivity index (χ1n) is 11.0. The summed E-state index contributed by atoms with van der Waals surface area (Å²) in [6, 6.07) is 7.74. The molecule has 9 nitrogen and oxygen atoms in total. The summed E-state index contributed by atoms with van der Waals surface area (Å²) in [4.78, 5) is 19.8. The fraction of sp³-hybridized carbons (Fsp3) is 0.292. The van der Waals surface area contributed by atoms with Gasteiger partial charge in [0, 0.05) is 68.2 Å². The molecule has 0 bridgehead atoms. The predicted molar refractivity (Wildman–Crippen MR) is 126 cm³/mol. The third-order valence-corrected chi connectivity index (χ3v) is 5.70. The molecule has 0 saturated carbocycles. The standard InChI is InChI=1S/C24H26N8O/c1-16-9-17(11-20(33)10-16)23-21(15-32(30-23)19-13-31(2)14-19)22-4-6-28-24(29-22)27-5-3-18-12-25-7-8-26-18/h4,6-12,15,19,33H,3,5,13-14H2,1-2H3,(H,27,28,29). The molecule has 168 valence electrons. The van der Waals surface area contributed by atoms with Crippen molar-refractivity contribution < 1.29 is 5.11 Å². The molecule has 1 aliphatic rings. The van der Waals surface area contributed by atoms with E-state index in [0.717, 1.165) is 53.3 Å². The van der Waals surface area contributed by atoms with Gasteiger partial charge in [-0.25, -0.2) is 9.97 Å². The van der Waals surface area contributed by atoms with E-state index in [-0.39, 0.29) is 5.75 Å². The number of anilines is 1. The Bertz CT molecular complexity index is 1230. The summed E-state index contributed by atoms with van der Waals surface area (Å²) in [5, 5.41) is 18.4. The molecule has 2 N–H and O–H groups in total. The van der Waals surface area contributed by atoms with Gasteiger partial charge in [-0.3, -0.25) is 14.6 Å². The van der Waals surface area contributed by atoms with Gasteiger partial charge < -0.3 is 15.3 Å². The van der Waals surface area contributed by atoms with Crippen molar-refractivity contribution in [3.8, 4) is 28.3 Å². The Morgan fingerprint density at radius 3 is 2.76 bits per heavy atom. The van der Waals surface area contributed by atoms with Gasteiger partial charge in [0.15, 0.2) is 0 Å². The fourth-order valence-corrected chi connectivity index (χ4v) is 4.07. The van der Waals surface area contributed by atoms with Gasteiger partial charge in [0.05, 0.1) is 17.4 Å². The normalized spacial score (nSPS) is 14.2.